The van der Waals surface area contributed by atoms with Gasteiger partial charge >= 0.3 is 0 Å². The Morgan fingerprint density at radius 1 is 1.25 bits per heavy atom. The molecule has 130 valence electrons. The maximum absolute atomic E-state index is 13.9. The second kappa shape index (κ2) is 9.60. The summed E-state index contributed by atoms with van der Waals surface area (Å²) in [4.78, 5) is 4.48. The number of nitrogens with zero attached hydrogens (tertiary/aromatic N) is 1. The van der Waals surface area contributed by atoms with Crippen LogP contribution in [-0.4, -0.2) is 25.7 Å². The summed E-state index contributed by atoms with van der Waals surface area (Å²) in [5.74, 6) is 1.53. The van der Waals surface area contributed by atoms with Gasteiger partial charge in [-0.05, 0) is 43.7 Å². The molecule has 0 aliphatic carbocycles. The van der Waals surface area contributed by atoms with Gasteiger partial charge in [-0.25, -0.2) is 9.38 Å². The van der Waals surface area contributed by atoms with E-state index >= 15 is 0 Å². The average Bonchev–Trinajstić information content (AvgIpc) is 3.08. The maximum Gasteiger partial charge on any atom is 0.191 e. The van der Waals surface area contributed by atoms with Gasteiger partial charge in [0.25, 0.3) is 0 Å². The van der Waals surface area contributed by atoms with Crippen molar-refractivity contribution in [2.24, 2.45) is 4.99 Å². The number of furan rings is 1. The number of guanidine groups is 1. The van der Waals surface area contributed by atoms with Gasteiger partial charge in [-0.15, -0.1) is 0 Å². The molecule has 1 heterocycles. The van der Waals surface area contributed by atoms with Crippen molar-refractivity contribution in [1.29, 1.82) is 0 Å². The maximum atomic E-state index is 13.9. The van der Waals surface area contributed by atoms with Crippen LogP contribution in [0.1, 0.15) is 25.2 Å². The van der Waals surface area contributed by atoms with Gasteiger partial charge in [-0.3, -0.25) is 0 Å². The van der Waals surface area contributed by atoms with E-state index in [0.29, 0.717) is 25.7 Å². The molecule has 0 saturated heterocycles. The number of hydrogen-bond acceptors (Lipinski definition) is 3. The predicted molar refractivity (Wildman–Crippen MR) is 92.8 cm³/mol. The number of rotatable bonds is 8. The third-order valence-electron chi connectivity index (χ3n) is 3.30. The fraction of sp³-hybridized carbons (Fsp3) is 0.389. The smallest absolute Gasteiger partial charge is 0.191 e. The van der Waals surface area contributed by atoms with Gasteiger partial charge in [0.05, 0.1) is 19.4 Å². The molecule has 1 aromatic carbocycles. The van der Waals surface area contributed by atoms with Gasteiger partial charge in [-0.1, -0.05) is 6.07 Å². The summed E-state index contributed by atoms with van der Waals surface area (Å²) in [6, 6.07) is 8.73. The van der Waals surface area contributed by atoms with E-state index in [-0.39, 0.29) is 11.6 Å². The lowest BCUT2D eigenvalue weighted by atomic mass is 10.2. The molecule has 0 radical (unpaired) electrons. The van der Waals surface area contributed by atoms with Crippen molar-refractivity contribution in [3.05, 3.63) is 53.7 Å². The Labute approximate surface area is 141 Å². The molecule has 0 aliphatic rings. The Morgan fingerprint density at radius 2 is 2.12 bits per heavy atom. The highest BCUT2D eigenvalue weighted by atomic mass is 19.1. The normalized spacial score (nSPS) is 11.4. The number of ether oxygens (including phenoxy) is 1. The van der Waals surface area contributed by atoms with Crippen molar-refractivity contribution in [3.8, 4) is 5.75 Å². The highest BCUT2D eigenvalue weighted by molar-refractivity contribution is 5.79. The SMILES string of the molecule is CCNC(=NCc1ccc(OCC)c(F)c1)NCCc1ccco1. The van der Waals surface area contributed by atoms with Crippen LogP contribution < -0.4 is 15.4 Å². The van der Waals surface area contributed by atoms with Crippen LogP contribution in [-0.2, 0) is 13.0 Å². The first-order chi connectivity index (χ1) is 11.7. The highest BCUT2D eigenvalue weighted by Gasteiger charge is 2.05. The fourth-order valence-electron chi connectivity index (χ4n) is 2.19. The molecule has 24 heavy (non-hydrogen) atoms. The van der Waals surface area contributed by atoms with Crippen molar-refractivity contribution < 1.29 is 13.5 Å². The van der Waals surface area contributed by atoms with Crippen LogP contribution in [0, 0.1) is 5.82 Å². The summed E-state index contributed by atoms with van der Waals surface area (Å²) in [6.45, 7) is 6.12. The van der Waals surface area contributed by atoms with Gasteiger partial charge in [0.15, 0.2) is 17.5 Å². The monoisotopic (exact) mass is 333 g/mol. The summed E-state index contributed by atoms with van der Waals surface area (Å²) in [6.07, 6.45) is 2.43. The average molecular weight is 333 g/mol. The van der Waals surface area contributed by atoms with Crippen LogP contribution in [0.5, 0.6) is 5.75 Å². The Balaban J connectivity index is 1.90. The summed E-state index contributed by atoms with van der Waals surface area (Å²) in [7, 11) is 0. The van der Waals surface area contributed by atoms with E-state index in [1.807, 2.05) is 32.0 Å². The molecule has 0 fully saturated rings. The first kappa shape index (κ1) is 17.8. The standard InChI is InChI=1S/C18H24FN3O2/c1-3-20-18(21-10-9-15-6-5-11-24-15)22-13-14-7-8-17(23-4-2)16(19)12-14/h5-8,11-12H,3-4,9-10,13H2,1-2H3,(H2,20,21,22). The van der Waals surface area contributed by atoms with E-state index in [0.717, 1.165) is 24.3 Å². The number of hydrogen-bond donors (Lipinski definition) is 2. The zero-order valence-corrected chi connectivity index (χ0v) is 14.1. The van der Waals surface area contributed by atoms with Crippen LogP contribution in [0.4, 0.5) is 4.39 Å². The van der Waals surface area contributed by atoms with Crippen molar-refractivity contribution in [3.63, 3.8) is 0 Å². The minimum absolute atomic E-state index is 0.272. The van der Waals surface area contributed by atoms with Crippen molar-refractivity contribution in [2.45, 2.75) is 26.8 Å². The summed E-state index contributed by atoms with van der Waals surface area (Å²) in [5.41, 5.74) is 0.791. The molecule has 0 unspecified atom stereocenters. The quantitative estimate of drug-likeness (QED) is 0.576. The topological polar surface area (TPSA) is 58.8 Å². The lowest BCUT2D eigenvalue weighted by Crippen LogP contribution is -2.38. The molecule has 2 aromatic rings. The van der Waals surface area contributed by atoms with E-state index in [1.54, 1.807) is 12.3 Å². The third-order valence-corrected chi connectivity index (χ3v) is 3.30. The first-order valence-electron chi connectivity index (χ1n) is 8.18. The van der Waals surface area contributed by atoms with Crippen LogP contribution in [0.3, 0.4) is 0 Å². The third kappa shape index (κ3) is 5.61. The summed E-state index contributed by atoms with van der Waals surface area (Å²) >= 11 is 0. The lowest BCUT2D eigenvalue weighted by Gasteiger charge is -2.11. The van der Waals surface area contributed by atoms with Crippen molar-refractivity contribution in [2.75, 3.05) is 19.7 Å². The molecule has 0 saturated carbocycles. The molecular weight excluding hydrogens is 309 g/mol. The molecule has 0 spiro atoms. The van der Waals surface area contributed by atoms with Gasteiger partial charge in [0, 0.05) is 19.5 Å². The number of benzene rings is 1. The Morgan fingerprint density at radius 3 is 2.79 bits per heavy atom. The van der Waals surface area contributed by atoms with Crippen LogP contribution in [0.25, 0.3) is 0 Å². The van der Waals surface area contributed by atoms with Gasteiger partial charge in [0.1, 0.15) is 5.76 Å². The van der Waals surface area contributed by atoms with Crippen molar-refractivity contribution in [1.82, 2.24) is 10.6 Å². The molecule has 0 atom stereocenters. The van der Waals surface area contributed by atoms with E-state index in [1.165, 1.54) is 6.07 Å². The molecule has 0 bridgehead atoms. The minimum Gasteiger partial charge on any atom is -0.491 e. The van der Waals surface area contributed by atoms with Crippen LogP contribution in [0.15, 0.2) is 46.0 Å². The zero-order valence-electron chi connectivity index (χ0n) is 14.1. The number of halogens is 1. The lowest BCUT2D eigenvalue weighted by molar-refractivity contribution is 0.321. The number of nitrogens with one attached hydrogen (secondary N) is 2. The molecule has 5 nitrogen and oxygen atoms in total. The fourth-order valence-corrected chi connectivity index (χ4v) is 2.19. The zero-order chi connectivity index (χ0) is 17.2. The second-order valence-corrected chi connectivity index (χ2v) is 5.15. The van der Waals surface area contributed by atoms with Gasteiger partial charge < -0.3 is 19.8 Å². The largest absolute Gasteiger partial charge is 0.491 e. The summed E-state index contributed by atoms with van der Waals surface area (Å²) in [5, 5.41) is 6.41. The minimum atomic E-state index is -0.361. The molecule has 2 N–H and O–H groups in total. The van der Waals surface area contributed by atoms with Crippen LogP contribution in [0.2, 0.25) is 0 Å². The molecule has 2 rings (SSSR count). The first-order valence-corrected chi connectivity index (χ1v) is 8.18. The molecule has 0 aliphatic heterocycles. The molecule has 0 amide bonds. The van der Waals surface area contributed by atoms with Gasteiger partial charge in [0.2, 0.25) is 0 Å². The van der Waals surface area contributed by atoms with E-state index in [4.69, 9.17) is 9.15 Å². The second-order valence-electron chi connectivity index (χ2n) is 5.15. The van der Waals surface area contributed by atoms with Crippen molar-refractivity contribution >= 4 is 5.96 Å². The molecule has 6 heteroatoms. The molecular formula is C18H24FN3O2. The number of aliphatic imine (C=N–C) groups is 1. The van der Waals surface area contributed by atoms with E-state index in [9.17, 15) is 4.39 Å². The summed E-state index contributed by atoms with van der Waals surface area (Å²) < 4.78 is 24.3. The van der Waals surface area contributed by atoms with E-state index < -0.39 is 0 Å². The highest BCUT2D eigenvalue weighted by Crippen LogP contribution is 2.18. The molecule has 1 aromatic heterocycles. The predicted octanol–water partition coefficient (Wildman–Crippen LogP) is 3.12. The Bertz CT molecular complexity index is 642. The Hall–Kier alpha value is -2.50. The van der Waals surface area contributed by atoms with Crippen LogP contribution >= 0.6 is 0 Å². The van der Waals surface area contributed by atoms with Gasteiger partial charge in [-0.2, -0.15) is 0 Å². The Kier molecular flexibility index (Phi) is 7.14. The van der Waals surface area contributed by atoms with E-state index in [2.05, 4.69) is 15.6 Å².